The largest absolute Gasteiger partial charge is 0.353 e. The molecule has 0 spiro atoms. The summed E-state index contributed by atoms with van der Waals surface area (Å²) in [5.41, 5.74) is -0.433. The molecule has 2 saturated carbocycles. The Morgan fingerprint density at radius 3 is 2.57 bits per heavy atom. The van der Waals surface area contributed by atoms with E-state index >= 15 is 0 Å². The molecule has 4 unspecified atom stereocenters. The van der Waals surface area contributed by atoms with Crippen LogP contribution >= 0.6 is 0 Å². The minimum atomic E-state index is -1.23. The van der Waals surface area contributed by atoms with Crippen LogP contribution in [-0.4, -0.2) is 58.1 Å². The first-order valence-electron chi connectivity index (χ1n) is 14.4. The average Bonchev–Trinajstić information content (AvgIpc) is 2.99. The highest BCUT2D eigenvalue weighted by atomic mass is 16.2. The summed E-state index contributed by atoms with van der Waals surface area (Å²) in [5.74, 6) is -1.62. The predicted octanol–water partition coefficient (Wildman–Crippen LogP) is 1.41. The third-order valence-electron chi connectivity index (χ3n) is 8.27. The second-order valence-corrected chi connectivity index (χ2v) is 11.2. The van der Waals surface area contributed by atoms with E-state index in [0.29, 0.717) is 11.8 Å². The van der Waals surface area contributed by atoms with E-state index in [0.717, 1.165) is 25.2 Å². The van der Waals surface area contributed by atoms with Gasteiger partial charge in [-0.25, -0.2) is 0 Å². The van der Waals surface area contributed by atoms with Gasteiger partial charge >= 0.3 is 0 Å². The third kappa shape index (κ3) is 7.68. The van der Waals surface area contributed by atoms with Crippen molar-refractivity contribution in [1.82, 2.24) is 25.5 Å². The number of fused-ring (bicyclic) bond motifs is 2. The molecule has 2 bridgehead atoms. The van der Waals surface area contributed by atoms with Crippen molar-refractivity contribution < 1.29 is 24.0 Å². The molecule has 4 rings (SSSR count). The normalized spacial score (nSPS) is 21.9. The highest BCUT2D eigenvalue weighted by molar-refractivity contribution is 6.36. The molecule has 12 nitrogen and oxygen atoms in total. The van der Waals surface area contributed by atoms with Gasteiger partial charge in [0, 0.05) is 43.7 Å². The van der Waals surface area contributed by atoms with Gasteiger partial charge in [-0.2, -0.15) is 0 Å². The number of hydrogen-bond donors (Lipinski definition) is 4. The van der Waals surface area contributed by atoms with Crippen molar-refractivity contribution in [2.75, 3.05) is 12.4 Å². The lowest BCUT2D eigenvalue weighted by atomic mass is 9.65. The maximum Gasteiger partial charge on any atom is 0.287 e. The Bertz CT molecular complexity index is 1370. The third-order valence-corrected chi connectivity index (χ3v) is 8.27. The summed E-state index contributed by atoms with van der Waals surface area (Å²) in [4.78, 5) is 79.8. The molecule has 2 aromatic heterocycles. The van der Waals surface area contributed by atoms with Gasteiger partial charge in [-0.3, -0.25) is 33.8 Å². The zero-order chi connectivity index (χ0) is 30.2. The molecule has 4 N–H and O–H groups in total. The first-order valence-corrected chi connectivity index (χ1v) is 14.4. The topological polar surface area (TPSA) is 168 Å². The molecule has 4 amide bonds. The number of nitrogens with zero attached hydrogens (tertiary/aromatic N) is 2. The lowest BCUT2D eigenvalue weighted by molar-refractivity contribution is -0.137. The summed E-state index contributed by atoms with van der Waals surface area (Å²) < 4.78 is 1.22. The maximum absolute atomic E-state index is 13.2. The fourth-order valence-corrected chi connectivity index (χ4v) is 6.17. The van der Waals surface area contributed by atoms with Crippen LogP contribution in [0.25, 0.3) is 0 Å². The Morgan fingerprint density at radius 2 is 1.83 bits per heavy atom. The van der Waals surface area contributed by atoms with Crippen molar-refractivity contribution in [3.8, 4) is 0 Å². The van der Waals surface area contributed by atoms with Gasteiger partial charge in [0.2, 0.25) is 17.6 Å². The minimum absolute atomic E-state index is 0.0786. The van der Waals surface area contributed by atoms with Crippen LogP contribution in [0.15, 0.2) is 47.7 Å². The summed E-state index contributed by atoms with van der Waals surface area (Å²) in [6.45, 7) is 1.97. The number of hydrogen-bond acceptors (Lipinski definition) is 7. The molecule has 2 fully saturated rings. The Kier molecular flexibility index (Phi) is 10.2. The summed E-state index contributed by atoms with van der Waals surface area (Å²) in [5, 5.41) is 10.5. The van der Waals surface area contributed by atoms with Crippen LogP contribution in [0.5, 0.6) is 0 Å². The number of Topliss-reactive ketones (excluding diaryl/α,β-unsaturated/α-hetero) is 1. The fraction of sp³-hybridized carbons (Fsp3) is 0.500. The molecule has 42 heavy (non-hydrogen) atoms. The van der Waals surface area contributed by atoms with E-state index < -0.39 is 35.1 Å². The van der Waals surface area contributed by atoms with Crippen LogP contribution in [0, 0.1) is 17.8 Å². The fourth-order valence-electron chi connectivity index (χ4n) is 6.17. The smallest absolute Gasteiger partial charge is 0.287 e. The van der Waals surface area contributed by atoms with E-state index in [1.54, 1.807) is 6.07 Å². The van der Waals surface area contributed by atoms with Crippen LogP contribution in [0.3, 0.4) is 0 Å². The molecule has 224 valence electrons. The molecular weight excluding hydrogens is 540 g/mol. The summed E-state index contributed by atoms with van der Waals surface area (Å²) in [6.07, 6.45) is 9.58. The quantitative estimate of drug-likeness (QED) is 0.292. The zero-order valence-electron chi connectivity index (χ0n) is 23.9. The molecule has 12 heteroatoms. The van der Waals surface area contributed by atoms with Crippen LogP contribution in [0.2, 0.25) is 0 Å². The standard InChI is InChI=1S/C30H38N6O6/c1-18-15-19-5-3-6-21(16-19)26(18)35-25(38)17-36-14-4-7-23(30(36)42)34-28(40)22(8-9-24(37)29(41)31-2)33-27(39)20-10-12-32-13-11-20/h4,7,10-14,18-19,21-22,26H,3,5-6,8-9,15-17H2,1-2H3,(H,31,41)(H,33,39)(H,34,40)(H,35,38)/t18?,19?,21?,22-,26?/m0/s1. The Morgan fingerprint density at radius 1 is 1.07 bits per heavy atom. The molecule has 2 heterocycles. The summed E-state index contributed by atoms with van der Waals surface area (Å²) >= 11 is 0. The summed E-state index contributed by atoms with van der Waals surface area (Å²) in [7, 11) is 1.32. The van der Waals surface area contributed by atoms with Gasteiger partial charge in [0.25, 0.3) is 17.4 Å². The van der Waals surface area contributed by atoms with E-state index in [2.05, 4.69) is 33.2 Å². The van der Waals surface area contributed by atoms with Crippen molar-refractivity contribution in [2.24, 2.45) is 17.8 Å². The van der Waals surface area contributed by atoms with E-state index in [1.807, 2.05) is 0 Å². The van der Waals surface area contributed by atoms with Gasteiger partial charge < -0.3 is 25.8 Å². The number of likely N-dealkylation sites (N-methyl/N-ethyl adjacent to an activating group) is 1. The number of anilines is 1. The molecule has 0 aliphatic heterocycles. The molecule has 0 saturated heterocycles. The maximum atomic E-state index is 13.2. The molecular formula is C30H38N6O6. The van der Waals surface area contributed by atoms with E-state index in [4.69, 9.17) is 0 Å². The first kappa shape index (κ1) is 30.6. The number of nitrogens with one attached hydrogen (secondary N) is 4. The Labute approximate surface area is 244 Å². The van der Waals surface area contributed by atoms with Gasteiger partial charge in [-0.15, -0.1) is 0 Å². The highest BCUT2D eigenvalue weighted by Gasteiger charge is 2.38. The van der Waals surface area contributed by atoms with Crippen molar-refractivity contribution in [3.05, 3.63) is 58.8 Å². The van der Waals surface area contributed by atoms with Crippen molar-refractivity contribution in [3.63, 3.8) is 0 Å². The monoisotopic (exact) mass is 578 g/mol. The lowest BCUT2D eigenvalue weighted by Gasteiger charge is -2.44. The zero-order valence-corrected chi connectivity index (χ0v) is 23.9. The van der Waals surface area contributed by atoms with Crippen molar-refractivity contribution in [1.29, 1.82) is 0 Å². The number of pyridine rings is 2. The van der Waals surface area contributed by atoms with Crippen LogP contribution < -0.4 is 26.8 Å². The van der Waals surface area contributed by atoms with Crippen molar-refractivity contribution in [2.45, 2.75) is 70.5 Å². The van der Waals surface area contributed by atoms with Gasteiger partial charge in [-0.1, -0.05) is 19.8 Å². The van der Waals surface area contributed by atoms with Gasteiger partial charge in [0.1, 0.15) is 18.3 Å². The predicted molar refractivity (Wildman–Crippen MR) is 154 cm³/mol. The molecule has 0 radical (unpaired) electrons. The number of carbonyl (C=O) groups is 5. The van der Waals surface area contributed by atoms with E-state index in [-0.39, 0.29) is 42.6 Å². The van der Waals surface area contributed by atoms with Gasteiger partial charge in [0.05, 0.1) is 0 Å². The van der Waals surface area contributed by atoms with Crippen molar-refractivity contribution >= 4 is 35.1 Å². The molecule has 2 aromatic rings. The lowest BCUT2D eigenvalue weighted by Crippen LogP contribution is -2.50. The van der Waals surface area contributed by atoms with Crippen LogP contribution in [0.1, 0.15) is 62.2 Å². The second-order valence-electron chi connectivity index (χ2n) is 11.2. The highest BCUT2D eigenvalue weighted by Crippen LogP contribution is 2.42. The number of ketones is 1. The number of carbonyl (C=O) groups excluding carboxylic acids is 5. The SMILES string of the molecule is CNC(=O)C(=O)CC[C@H](NC(=O)c1ccncc1)C(=O)Nc1cccn(CC(=O)NC2C(C)CC3CCCC2C3)c1=O. The average molecular weight is 579 g/mol. The van der Waals surface area contributed by atoms with E-state index in [9.17, 15) is 28.8 Å². The second kappa shape index (κ2) is 14.0. The van der Waals surface area contributed by atoms with E-state index in [1.165, 1.54) is 61.2 Å². The number of rotatable bonds is 11. The van der Waals surface area contributed by atoms with Gasteiger partial charge in [-0.05, 0) is 67.7 Å². The summed E-state index contributed by atoms with van der Waals surface area (Å²) in [6, 6.07) is 4.71. The number of amides is 4. The molecule has 5 atom stereocenters. The first-order chi connectivity index (χ1) is 20.2. The molecule has 2 aliphatic rings. The Hall–Kier alpha value is -4.35. The Balaban J connectivity index is 1.43. The number of aromatic nitrogens is 2. The van der Waals surface area contributed by atoms with Crippen LogP contribution in [-0.2, 0) is 25.7 Å². The van der Waals surface area contributed by atoms with Gasteiger partial charge in [0.15, 0.2) is 0 Å². The molecule has 0 aromatic carbocycles. The minimum Gasteiger partial charge on any atom is -0.353 e. The molecule has 2 aliphatic carbocycles. The van der Waals surface area contributed by atoms with Crippen LogP contribution in [0.4, 0.5) is 5.69 Å².